The van der Waals surface area contributed by atoms with Crippen molar-refractivity contribution in [3.05, 3.63) is 23.0 Å². The number of hydrogen-bond acceptors (Lipinski definition) is 1. The van der Waals surface area contributed by atoms with E-state index in [0.717, 1.165) is 5.69 Å². The molecule has 64 valence electrons. The van der Waals surface area contributed by atoms with Gasteiger partial charge in [-0.25, -0.2) is 0 Å². The molecule has 0 aliphatic heterocycles. The highest BCUT2D eigenvalue weighted by molar-refractivity contribution is 5.35. The molecule has 1 aromatic rings. The minimum absolute atomic E-state index is 0.498. The molecule has 0 saturated heterocycles. The van der Waals surface area contributed by atoms with Gasteiger partial charge < -0.3 is 4.57 Å². The second kappa shape index (κ2) is 3.02. The van der Waals surface area contributed by atoms with Crippen molar-refractivity contribution in [3.8, 4) is 6.07 Å². The van der Waals surface area contributed by atoms with E-state index in [9.17, 15) is 0 Å². The van der Waals surface area contributed by atoms with E-state index < -0.39 is 0 Å². The van der Waals surface area contributed by atoms with Crippen molar-refractivity contribution in [3.63, 3.8) is 0 Å². The van der Waals surface area contributed by atoms with Gasteiger partial charge in [0, 0.05) is 12.7 Å². The van der Waals surface area contributed by atoms with E-state index in [1.165, 1.54) is 11.3 Å². The fourth-order valence-corrected chi connectivity index (χ4v) is 1.41. The molecule has 1 heterocycles. The normalized spacial score (nSPS) is 10.3. The van der Waals surface area contributed by atoms with Crippen LogP contribution in [0.5, 0.6) is 0 Å². The Balaban J connectivity index is 3.27. The lowest BCUT2D eigenvalue weighted by molar-refractivity contribution is 0.813. The fraction of sp³-hybridized carbons (Fsp3) is 0.500. The summed E-state index contributed by atoms with van der Waals surface area (Å²) in [4.78, 5) is 0. The minimum Gasteiger partial charge on any atom is -0.340 e. The Morgan fingerprint density at radius 1 is 1.50 bits per heavy atom. The van der Waals surface area contributed by atoms with Crippen LogP contribution >= 0.6 is 0 Å². The van der Waals surface area contributed by atoms with Crippen LogP contribution in [0.4, 0.5) is 0 Å². The van der Waals surface area contributed by atoms with Gasteiger partial charge in [0.2, 0.25) is 0 Å². The second-order valence-corrected chi connectivity index (χ2v) is 3.40. The van der Waals surface area contributed by atoms with Crippen molar-refractivity contribution in [2.45, 2.75) is 26.7 Å². The Labute approximate surface area is 73.4 Å². The maximum absolute atomic E-state index is 8.77. The Kier molecular flexibility index (Phi) is 2.23. The molecule has 0 bridgehead atoms. The van der Waals surface area contributed by atoms with Crippen LogP contribution in [0.1, 0.15) is 36.7 Å². The molecule has 0 amide bonds. The average Bonchev–Trinajstić information content (AvgIpc) is 2.30. The minimum atomic E-state index is 0.498. The van der Waals surface area contributed by atoms with Crippen LogP contribution in [0.25, 0.3) is 0 Å². The molecule has 0 unspecified atom stereocenters. The van der Waals surface area contributed by atoms with Crippen molar-refractivity contribution in [2.75, 3.05) is 0 Å². The molecule has 2 nitrogen and oxygen atoms in total. The van der Waals surface area contributed by atoms with Gasteiger partial charge in [-0.2, -0.15) is 5.26 Å². The van der Waals surface area contributed by atoms with Crippen molar-refractivity contribution in [2.24, 2.45) is 7.05 Å². The number of nitrogens with zero attached hydrogens (tertiary/aromatic N) is 2. The van der Waals surface area contributed by atoms with Gasteiger partial charge in [-0.15, -0.1) is 0 Å². The highest BCUT2D eigenvalue weighted by Crippen LogP contribution is 2.21. The molecule has 0 spiro atoms. The first-order valence-corrected chi connectivity index (χ1v) is 4.14. The highest BCUT2D eigenvalue weighted by atomic mass is 15.0. The monoisotopic (exact) mass is 162 g/mol. The summed E-state index contributed by atoms with van der Waals surface area (Å²) in [5.74, 6) is 0.498. The van der Waals surface area contributed by atoms with E-state index >= 15 is 0 Å². The molecule has 0 aromatic carbocycles. The summed E-state index contributed by atoms with van der Waals surface area (Å²) < 4.78 is 1.94. The SMILES string of the molecule is Cc1c(C(C)C)cc(C#N)n1C. The van der Waals surface area contributed by atoms with E-state index in [2.05, 4.69) is 26.8 Å². The van der Waals surface area contributed by atoms with E-state index in [1.54, 1.807) is 0 Å². The lowest BCUT2D eigenvalue weighted by Gasteiger charge is -2.04. The fourth-order valence-electron chi connectivity index (χ4n) is 1.41. The third kappa shape index (κ3) is 1.23. The molecule has 1 aromatic heterocycles. The van der Waals surface area contributed by atoms with E-state index in [1.807, 2.05) is 17.7 Å². The molecule has 0 aliphatic rings. The number of hydrogen-bond donors (Lipinski definition) is 0. The van der Waals surface area contributed by atoms with Crippen molar-refractivity contribution in [1.82, 2.24) is 4.57 Å². The van der Waals surface area contributed by atoms with Crippen LogP contribution in [-0.4, -0.2) is 4.57 Å². The second-order valence-electron chi connectivity index (χ2n) is 3.40. The molecule has 12 heavy (non-hydrogen) atoms. The van der Waals surface area contributed by atoms with Crippen LogP contribution in [0.3, 0.4) is 0 Å². The third-order valence-corrected chi connectivity index (χ3v) is 2.31. The van der Waals surface area contributed by atoms with Crippen LogP contribution < -0.4 is 0 Å². The molecule has 0 N–H and O–H groups in total. The zero-order chi connectivity index (χ0) is 9.30. The van der Waals surface area contributed by atoms with Crippen molar-refractivity contribution in [1.29, 1.82) is 5.26 Å². The first-order valence-electron chi connectivity index (χ1n) is 4.14. The average molecular weight is 162 g/mol. The van der Waals surface area contributed by atoms with Crippen LogP contribution in [0.15, 0.2) is 6.07 Å². The standard InChI is InChI=1S/C10H14N2/c1-7(2)10-5-9(6-11)12(4)8(10)3/h5,7H,1-4H3. The number of nitriles is 1. The molecule has 0 atom stereocenters. The lowest BCUT2D eigenvalue weighted by atomic mass is 10.0. The van der Waals surface area contributed by atoms with Gasteiger partial charge in [0.25, 0.3) is 0 Å². The van der Waals surface area contributed by atoms with Crippen molar-refractivity contribution < 1.29 is 0 Å². The van der Waals surface area contributed by atoms with Crippen LogP contribution in [0.2, 0.25) is 0 Å². The Bertz CT molecular complexity index is 326. The molecular formula is C10H14N2. The van der Waals surface area contributed by atoms with Gasteiger partial charge in [0.15, 0.2) is 0 Å². The maximum Gasteiger partial charge on any atom is 0.120 e. The van der Waals surface area contributed by atoms with Gasteiger partial charge in [0.1, 0.15) is 11.8 Å². The first kappa shape index (κ1) is 8.86. The lowest BCUT2D eigenvalue weighted by Crippen LogP contribution is -1.95. The summed E-state index contributed by atoms with van der Waals surface area (Å²) in [5, 5.41) is 8.77. The predicted molar refractivity (Wildman–Crippen MR) is 49.0 cm³/mol. The molecule has 2 heteroatoms. The van der Waals surface area contributed by atoms with E-state index in [-0.39, 0.29) is 0 Å². The van der Waals surface area contributed by atoms with Gasteiger partial charge >= 0.3 is 0 Å². The zero-order valence-corrected chi connectivity index (χ0v) is 8.05. The predicted octanol–water partition coefficient (Wildman–Crippen LogP) is 2.33. The van der Waals surface area contributed by atoms with E-state index in [4.69, 9.17) is 5.26 Å². The van der Waals surface area contributed by atoms with Gasteiger partial charge in [-0.1, -0.05) is 13.8 Å². The number of aromatic nitrogens is 1. The Morgan fingerprint density at radius 2 is 2.08 bits per heavy atom. The number of rotatable bonds is 1. The largest absolute Gasteiger partial charge is 0.340 e. The topological polar surface area (TPSA) is 28.7 Å². The first-order chi connectivity index (χ1) is 5.57. The summed E-state index contributed by atoms with van der Waals surface area (Å²) >= 11 is 0. The summed E-state index contributed by atoms with van der Waals surface area (Å²) in [6.45, 7) is 6.34. The van der Waals surface area contributed by atoms with Crippen LogP contribution in [0, 0.1) is 18.3 Å². The van der Waals surface area contributed by atoms with Crippen molar-refractivity contribution >= 4 is 0 Å². The smallest absolute Gasteiger partial charge is 0.120 e. The third-order valence-electron chi connectivity index (χ3n) is 2.31. The molecule has 0 aliphatic carbocycles. The van der Waals surface area contributed by atoms with E-state index in [0.29, 0.717) is 5.92 Å². The molecule has 0 fully saturated rings. The molecule has 1 rings (SSSR count). The maximum atomic E-state index is 8.77. The van der Waals surface area contributed by atoms with Crippen LogP contribution in [-0.2, 0) is 7.05 Å². The van der Waals surface area contributed by atoms with Gasteiger partial charge in [0.05, 0.1) is 0 Å². The Morgan fingerprint density at radius 3 is 2.33 bits per heavy atom. The molecule has 0 saturated carbocycles. The highest BCUT2D eigenvalue weighted by Gasteiger charge is 2.10. The van der Waals surface area contributed by atoms with Gasteiger partial charge in [-0.3, -0.25) is 0 Å². The summed E-state index contributed by atoms with van der Waals surface area (Å²) in [7, 11) is 1.93. The summed E-state index contributed by atoms with van der Waals surface area (Å²) in [5.41, 5.74) is 3.21. The quantitative estimate of drug-likeness (QED) is 0.623. The molecule has 0 radical (unpaired) electrons. The Hall–Kier alpha value is -1.23. The zero-order valence-electron chi connectivity index (χ0n) is 8.05. The summed E-state index contributed by atoms with van der Waals surface area (Å²) in [6, 6.07) is 4.15. The molecular weight excluding hydrogens is 148 g/mol. The van der Waals surface area contributed by atoms with Gasteiger partial charge in [-0.05, 0) is 24.5 Å². The summed E-state index contributed by atoms with van der Waals surface area (Å²) in [6.07, 6.45) is 0.